The van der Waals surface area contributed by atoms with Gasteiger partial charge >= 0.3 is 0 Å². The van der Waals surface area contributed by atoms with E-state index in [1.165, 1.54) is 0 Å². The minimum absolute atomic E-state index is 0.00653. The molecule has 0 bridgehead atoms. The Hall–Kier alpha value is -1.98. The van der Waals surface area contributed by atoms with Crippen LogP contribution in [0.1, 0.15) is 0 Å². The minimum atomic E-state index is -0.200. The number of anilines is 1. The number of benzene rings is 1. The van der Waals surface area contributed by atoms with Gasteiger partial charge in [-0.05, 0) is 12.1 Å². The molecule has 0 aliphatic carbocycles. The van der Waals surface area contributed by atoms with E-state index in [4.69, 9.17) is 9.47 Å². The highest BCUT2D eigenvalue weighted by Gasteiger charge is 2.06. The van der Waals surface area contributed by atoms with Crippen molar-refractivity contribution in [2.75, 3.05) is 32.2 Å². The van der Waals surface area contributed by atoms with Crippen molar-refractivity contribution >= 4 is 22.5 Å². The van der Waals surface area contributed by atoms with Crippen LogP contribution < -0.4 is 5.32 Å². The molecule has 0 saturated heterocycles. The minimum Gasteiger partial charge on any atom is -0.382 e. The molecule has 1 amide bonds. The van der Waals surface area contributed by atoms with Crippen LogP contribution in [0.3, 0.4) is 0 Å². The maximum Gasteiger partial charge on any atom is 0.250 e. The summed E-state index contributed by atoms with van der Waals surface area (Å²) in [6.07, 6.45) is 1.70. The van der Waals surface area contributed by atoms with Gasteiger partial charge in [0.1, 0.15) is 6.61 Å². The standard InChI is InChI=1S/C14H16N2O3/c1-18-8-9-19-10-13(17)16-12-6-2-4-11-5-3-7-15-14(11)12/h2-7H,8-10H2,1H3,(H,16,17). The summed E-state index contributed by atoms with van der Waals surface area (Å²) in [4.78, 5) is 16.0. The number of aromatic nitrogens is 1. The van der Waals surface area contributed by atoms with Crippen LogP contribution in [0.5, 0.6) is 0 Å². The third kappa shape index (κ3) is 3.74. The topological polar surface area (TPSA) is 60.5 Å². The Labute approximate surface area is 111 Å². The summed E-state index contributed by atoms with van der Waals surface area (Å²) < 4.78 is 10.00. The highest BCUT2D eigenvalue weighted by atomic mass is 16.5. The van der Waals surface area contributed by atoms with Crippen molar-refractivity contribution in [3.8, 4) is 0 Å². The number of pyridine rings is 1. The first-order valence-electron chi connectivity index (χ1n) is 6.01. The van der Waals surface area contributed by atoms with Gasteiger partial charge in [-0.25, -0.2) is 0 Å². The molecule has 2 rings (SSSR count). The number of para-hydroxylation sites is 1. The van der Waals surface area contributed by atoms with Crippen LogP contribution in [0.15, 0.2) is 36.5 Å². The summed E-state index contributed by atoms with van der Waals surface area (Å²) in [7, 11) is 1.59. The lowest BCUT2D eigenvalue weighted by molar-refractivity contribution is -0.121. The van der Waals surface area contributed by atoms with Crippen LogP contribution in [0.4, 0.5) is 5.69 Å². The first-order chi connectivity index (χ1) is 9.31. The molecule has 0 atom stereocenters. The summed E-state index contributed by atoms with van der Waals surface area (Å²) in [6.45, 7) is 0.882. The van der Waals surface area contributed by atoms with Crippen LogP contribution in [-0.4, -0.2) is 37.8 Å². The highest BCUT2D eigenvalue weighted by Crippen LogP contribution is 2.20. The number of fused-ring (bicyclic) bond motifs is 1. The predicted molar refractivity (Wildman–Crippen MR) is 73.1 cm³/mol. The Bertz CT molecular complexity index is 552. The molecular formula is C14H16N2O3. The van der Waals surface area contributed by atoms with Crippen molar-refractivity contribution in [3.05, 3.63) is 36.5 Å². The molecule has 0 fully saturated rings. The summed E-state index contributed by atoms with van der Waals surface area (Å²) >= 11 is 0. The lowest BCUT2D eigenvalue weighted by Gasteiger charge is -2.08. The summed E-state index contributed by atoms with van der Waals surface area (Å²) in [5, 5.41) is 3.78. The third-order valence-corrected chi connectivity index (χ3v) is 2.57. The normalized spacial score (nSPS) is 10.6. The number of ether oxygens (including phenoxy) is 2. The SMILES string of the molecule is COCCOCC(=O)Nc1cccc2cccnc12. The molecule has 1 aromatic carbocycles. The number of rotatable bonds is 6. The van der Waals surface area contributed by atoms with Crippen molar-refractivity contribution in [1.82, 2.24) is 4.98 Å². The summed E-state index contributed by atoms with van der Waals surface area (Å²) in [6, 6.07) is 9.47. The zero-order valence-corrected chi connectivity index (χ0v) is 10.8. The van der Waals surface area contributed by atoms with Crippen molar-refractivity contribution in [3.63, 3.8) is 0 Å². The molecular weight excluding hydrogens is 244 g/mol. The molecule has 1 N–H and O–H groups in total. The molecule has 100 valence electrons. The van der Waals surface area contributed by atoms with E-state index >= 15 is 0 Å². The largest absolute Gasteiger partial charge is 0.382 e. The first kappa shape index (κ1) is 13.5. The molecule has 5 nitrogen and oxygen atoms in total. The van der Waals surface area contributed by atoms with E-state index in [2.05, 4.69) is 10.3 Å². The molecule has 2 aromatic rings. The molecule has 0 aliphatic rings. The fourth-order valence-electron chi connectivity index (χ4n) is 1.70. The Morgan fingerprint density at radius 1 is 1.26 bits per heavy atom. The molecule has 0 saturated carbocycles. The van der Waals surface area contributed by atoms with Gasteiger partial charge in [-0.3, -0.25) is 9.78 Å². The molecule has 5 heteroatoms. The monoisotopic (exact) mass is 260 g/mol. The molecule has 0 spiro atoms. The maximum atomic E-state index is 11.7. The van der Waals surface area contributed by atoms with Crippen LogP contribution in [0.25, 0.3) is 10.9 Å². The van der Waals surface area contributed by atoms with Gasteiger partial charge in [0.2, 0.25) is 5.91 Å². The molecule has 0 unspecified atom stereocenters. The number of hydrogen-bond acceptors (Lipinski definition) is 4. The zero-order valence-electron chi connectivity index (χ0n) is 10.8. The van der Waals surface area contributed by atoms with Crippen molar-refractivity contribution in [2.45, 2.75) is 0 Å². The lowest BCUT2D eigenvalue weighted by atomic mass is 10.2. The Morgan fingerprint density at radius 2 is 2.11 bits per heavy atom. The molecule has 19 heavy (non-hydrogen) atoms. The van der Waals surface area contributed by atoms with E-state index in [-0.39, 0.29) is 12.5 Å². The second kappa shape index (κ2) is 6.82. The molecule has 0 radical (unpaired) electrons. The fraction of sp³-hybridized carbons (Fsp3) is 0.286. The molecule has 1 aromatic heterocycles. The Kier molecular flexibility index (Phi) is 4.83. The fourth-order valence-corrected chi connectivity index (χ4v) is 1.70. The number of carbonyl (C=O) groups is 1. The van der Waals surface area contributed by atoms with Crippen molar-refractivity contribution in [2.24, 2.45) is 0 Å². The van der Waals surface area contributed by atoms with Crippen molar-refractivity contribution < 1.29 is 14.3 Å². The number of amides is 1. The van der Waals surface area contributed by atoms with Crippen LogP contribution in [0.2, 0.25) is 0 Å². The van der Waals surface area contributed by atoms with Gasteiger partial charge in [0, 0.05) is 18.7 Å². The van der Waals surface area contributed by atoms with Gasteiger partial charge in [-0.15, -0.1) is 0 Å². The van der Waals surface area contributed by atoms with Crippen molar-refractivity contribution in [1.29, 1.82) is 0 Å². The lowest BCUT2D eigenvalue weighted by Crippen LogP contribution is -2.19. The molecule has 0 aliphatic heterocycles. The predicted octanol–water partition coefficient (Wildman–Crippen LogP) is 1.84. The van der Waals surface area contributed by atoms with Gasteiger partial charge in [0.15, 0.2) is 0 Å². The van der Waals surface area contributed by atoms with Crippen LogP contribution in [0, 0.1) is 0 Å². The Balaban J connectivity index is 1.99. The second-order valence-electron chi connectivity index (χ2n) is 3.97. The van der Waals surface area contributed by atoms with E-state index in [9.17, 15) is 4.79 Å². The maximum absolute atomic E-state index is 11.7. The van der Waals surface area contributed by atoms with Gasteiger partial charge < -0.3 is 14.8 Å². The molecule has 1 heterocycles. The van der Waals surface area contributed by atoms with Gasteiger partial charge in [0.05, 0.1) is 24.4 Å². The van der Waals surface area contributed by atoms with E-state index in [1.54, 1.807) is 13.3 Å². The van der Waals surface area contributed by atoms with E-state index in [0.717, 1.165) is 10.9 Å². The quantitative estimate of drug-likeness (QED) is 0.805. The van der Waals surface area contributed by atoms with E-state index in [0.29, 0.717) is 18.9 Å². The average Bonchev–Trinajstić information content (AvgIpc) is 2.44. The van der Waals surface area contributed by atoms with E-state index in [1.807, 2.05) is 30.3 Å². The number of methoxy groups -OCH3 is 1. The first-order valence-corrected chi connectivity index (χ1v) is 6.01. The van der Waals surface area contributed by atoms with E-state index < -0.39 is 0 Å². The average molecular weight is 260 g/mol. The number of hydrogen-bond donors (Lipinski definition) is 1. The highest BCUT2D eigenvalue weighted by molar-refractivity contribution is 6.00. The second-order valence-corrected chi connectivity index (χ2v) is 3.97. The Morgan fingerprint density at radius 3 is 2.95 bits per heavy atom. The number of carbonyl (C=O) groups excluding carboxylic acids is 1. The van der Waals surface area contributed by atoms with Crippen LogP contribution >= 0.6 is 0 Å². The van der Waals surface area contributed by atoms with Crippen LogP contribution in [-0.2, 0) is 14.3 Å². The van der Waals surface area contributed by atoms with Gasteiger partial charge in [-0.1, -0.05) is 18.2 Å². The summed E-state index contributed by atoms with van der Waals surface area (Å²) in [5.41, 5.74) is 1.47. The smallest absolute Gasteiger partial charge is 0.250 e. The van der Waals surface area contributed by atoms with Gasteiger partial charge in [-0.2, -0.15) is 0 Å². The zero-order chi connectivity index (χ0) is 13.5. The third-order valence-electron chi connectivity index (χ3n) is 2.57. The number of nitrogens with zero attached hydrogens (tertiary/aromatic N) is 1. The summed E-state index contributed by atoms with van der Waals surface area (Å²) in [5.74, 6) is -0.200. The number of nitrogens with one attached hydrogen (secondary N) is 1. The van der Waals surface area contributed by atoms with Gasteiger partial charge in [0.25, 0.3) is 0 Å².